The van der Waals surface area contributed by atoms with Gasteiger partial charge in [-0.05, 0) is 30.0 Å². The molecule has 0 aliphatic heterocycles. The molecule has 152 valence electrons. The van der Waals surface area contributed by atoms with E-state index in [-0.39, 0.29) is 22.6 Å². The molecular weight excluding hydrogens is 376 g/mol. The number of carbonyl (C=O) groups excluding carboxylic acids is 1. The second kappa shape index (κ2) is 8.47. The smallest absolute Gasteiger partial charge is 0.232 e. The predicted octanol–water partition coefficient (Wildman–Crippen LogP) is 4.50. The van der Waals surface area contributed by atoms with E-state index < -0.39 is 9.84 Å². The van der Waals surface area contributed by atoms with Gasteiger partial charge in [0, 0.05) is 12.2 Å². The van der Waals surface area contributed by atoms with Gasteiger partial charge in [-0.15, -0.1) is 0 Å². The third-order valence-corrected chi connectivity index (χ3v) is 6.58. The minimum atomic E-state index is -3.27. The summed E-state index contributed by atoms with van der Waals surface area (Å²) in [5, 5.41) is 6.79. The zero-order valence-corrected chi connectivity index (χ0v) is 17.5. The molecule has 0 saturated heterocycles. The van der Waals surface area contributed by atoms with E-state index >= 15 is 0 Å². The number of aromatic nitrogens is 1. The van der Waals surface area contributed by atoms with Gasteiger partial charge in [0.05, 0.1) is 17.0 Å². The van der Waals surface area contributed by atoms with Crippen molar-refractivity contribution in [1.82, 2.24) is 5.16 Å². The Morgan fingerprint density at radius 2 is 1.86 bits per heavy atom. The van der Waals surface area contributed by atoms with Gasteiger partial charge >= 0.3 is 0 Å². The van der Waals surface area contributed by atoms with Crippen LogP contribution < -0.4 is 5.32 Å². The van der Waals surface area contributed by atoms with E-state index in [0.717, 1.165) is 24.8 Å². The largest absolute Gasteiger partial charge is 0.359 e. The zero-order valence-electron chi connectivity index (χ0n) is 16.6. The Balaban J connectivity index is 1.85. The molecule has 0 spiro atoms. The molecule has 2 aromatic rings. The molecule has 1 unspecified atom stereocenters. The number of amides is 1. The summed E-state index contributed by atoms with van der Waals surface area (Å²) in [6, 6.07) is 6.68. The number of hydrogen-bond acceptors (Lipinski definition) is 5. The summed E-state index contributed by atoms with van der Waals surface area (Å²) in [5.74, 6) is 0.827. The van der Waals surface area contributed by atoms with E-state index in [0.29, 0.717) is 17.4 Å². The Kier molecular flexibility index (Phi) is 6.23. The first-order valence-corrected chi connectivity index (χ1v) is 11.7. The minimum Gasteiger partial charge on any atom is -0.359 e. The number of rotatable bonds is 7. The lowest BCUT2D eigenvalue weighted by Crippen LogP contribution is -2.23. The van der Waals surface area contributed by atoms with Gasteiger partial charge in [0.25, 0.3) is 0 Å². The van der Waals surface area contributed by atoms with Crippen LogP contribution in [0.15, 0.2) is 39.9 Å². The Morgan fingerprint density at radius 1 is 1.21 bits per heavy atom. The summed E-state index contributed by atoms with van der Waals surface area (Å²) in [6.07, 6.45) is 8.15. The lowest BCUT2D eigenvalue weighted by atomic mass is 9.87. The second-order valence-corrected chi connectivity index (χ2v) is 10.0. The SMILES string of the molecule is CC(C)c1oncc1NC(=O)C(CC1CCCC1)c1ccc(S(C)(=O)=O)cc1. The molecule has 1 heterocycles. The Labute approximate surface area is 166 Å². The highest BCUT2D eigenvalue weighted by Gasteiger charge is 2.28. The van der Waals surface area contributed by atoms with Crippen LogP contribution in [0, 0.1) is 5.92 Å². The van der Waals surface area contributed by atoms with Gasteiger partial charge in [0.1, 0.15) is 5.69 Å². The van der Waals surface area contributed by atoms with Crippen LogP contribution in [0.3, 0.4) is 0 Å². The Hall–Kier alpha value is -2.15. The molecule has 3 rings (SSSR count). The van der Waals surface area contributed by atoms with E-state index in [2.05, 4.69) is 10.5 Å². The van der Waals surface area contributed by atoms with Gasteiger partial charge in [-0.3, -0.25) is 4.79 Å². The number of hydrogen-bond donors (Lipinski definition) is 1. The van der Waals surface area contributed by atoms with Crippen LogP contribution in [-0.4, -0.2) is 25.7 Å². The Bertz CT molecular complexity index is 910. The van der Waals surface area contributed by atoms with Crippen molar-refractivity contribution in [3.05, 3.63) is 41.8 Å². The van der Waals surface area contributed by atoms with Crippen LogP contribution >= 0.6 is 0 Å². The van der Waals surface area contributed by atoms with Crippen molar-refractivity contribution in [2.24, 2.45) is 5.92 Å². The van der Waals surface area contributed by atoms with E-state index in [4.69, 9.17) is 4.52 Å². The number of sulfone groups is 1. The predicted molar refractivity (Wildman–Crippen MR) is 108 cm³/mol. The molecule has 0 bridgehead atoms. The highest BCUT2D eigenvalue weighted by Crippen LogP contribution is 2.35. The molecule has 1 fully saturated rings. The zero-order chi connectivity index (χ0) is 20.3. The number of carbonyl (C=O) groups is 1. The van der Waals surface area contributed by atoms with Gasteiger partial charge in [-0.2, -0.15) is 0 Å². The maximum atomic E-state index is 13.2. The normalized spacial score (nSPS) is 16.4. The van der Waals surface area contributed by atoms with Gasteiger partial charge in [-0.25, -0.2) is 8.42 Å². The highest BCUT2D eigenvalue weighted by atomic mass is 32.2. The fourth-order valence-electron chi connectivity index (χ4n) is 3.90. The monoisotopic (exact) mass is 404 g/mol. The average molecular weight is 405 g/mol. The molecule has 1 aliphatic rings. The molecule has 1 aliphatic carbocycles. The summed E-state index contributed by atoms with van der Waals surface area (Å²) in [4.78, 5) is 13.4. The molecule has 1 saturated carbocycles. The lowest BCUT2D eigenvalue weighted by Gasteiger charge is -2.21. The van der Waals surface area contributed by atoms with Gasteiger partial charge in [0.15, 0.2) is 15.6 Å². The van der Waals surface area contributed by atoms with Crippen LogP contribution in [0.1, 0.15) is 69.1 Å². The van der Waals surface area contributed by atoms with Gasteiger partial charge in [-0.1, -0.05) is 56.8 Å². The summed E-state index contributed by atoms with van der Waals surface area (Å²) < 4.78 is 28.8. The third kappa shape index (κ3) is 4.82. The standard InChI is InChI=1S/C21H28N2O4S/c1-14(2)20-19(13-22-27-20)23-21(24)18(12-15-6-4-5-7-15)16-8-10-17(11-9-16)28(3,25)26/h8-11,13-15,18H,4-7,12H2,1-3H3,(H,23,24). The molecule has 0 radical (unpaired) electrons. The second-order valence-electron chi connectivity index (χ2n) is 8.03. The molecule has 7 heteroatoms. The summed E-state index contributed by atoms with van der Waals surface area (Å²) in [6.45, 7) is 3.96. The van der Waals surface area contributed by atoms with E-state index in [1.807, 2.05) is 13.8 Å². The summed E-state index contributed by atoms with van der Waals surface area (Å²) >= 11 is 0. The third-order valence-electron chi connectivity index (χ3n) is 5.45. The van der Waals surface area contributed by atoms with E-state index in [1.165, 1.54) is 25.3 Å². The molecule has 1 N–H and O–H groups in total. The molecule has 1 aromatic heterocycles. The van der Waals surface area contributed by atoms with Crippen molar-refractivity contribution < 1.29 is 17.7 Å². The van der Waals surface area contributed by atoms with Crippen LogP contribution in [-0.2, 0) is 14.6 Å². The summed E-state index contributed by atoms with van der Waals surface area (Å²) in [5.41, 5.74) is 1.43. The van der Waals surface area contributed by atoms with Crippen molar-refractivity contribution in [3.8, 4) is 0 Å². The maximum Gasteiger partial charge on any atom is 0.232 e. The molecular formula is C21H28N2O4S. The molecule has 1 atom stereocenters. The highest BCUT2D eigenvalue weighted by molar-refractivity contribution is 7.90. The number of nitrogens with zero attached hydrogens (tertiary/aromatic N) is 1. The van der Waals surface area contributed by atoms with Crippen LogP contribution in [0.4, 0.5) is 5.69 Å². The van der Waals surface area contributed by atoms with Crippen LogP contribution in [0.2, 0.25) is 0 Å². The quantitative estimate of drug-likeness (QED) is 0.734. The van der Waals surface area contributed by atoms with Crippen molar-refractivity contribution in [3.63, 3.8) is 0 Å². The topological polar surface area (TPSA) is 89.3 Å². The number of anilines is 1. The van der Waals surface area contributed by atoms with E-state index in [1.54, 1.807) is 24.3 Å². The van der Waals surface area contributed by atoms with Gasteiger partial charge in [0.2, 0.25) is 5.91 Å². The van der Waals surface area contributed by atoms with Gasteiger partial charge < -0.3 is 9.84 Å². The van der Waals surface area contributed by atoms with Crippen LogP contribution in [0.25, 0.3) is 0 Å². The maximum absolute atomic E-state index is 13.2. The number of nitrogens with one attached hydrogen (secondary N) is 1. The Morgan fingerprint density at radius 3 is 2.43 bits per heavy atom. The minimum absolute atomic E-state index is 0.107. The molecule has 28 heavy (non-hydrogen) atoms. The van der Waals surface area contributed by atoms with Crippen molar-refractivity contribution in [2.75, 3.05) is 11.6 Å². The van der Waals surface area contributed by atoms with Crippen molar-refractivity contribution in [2.45, 2.75) is 62.7 Å². The van der Waals surface area contributed by atoms with Crippen molar-refractivity contribution in [1.29, 1.82) is 0 Å². The first kappa shape index (κ1) is 20.6. The molecule has 6 nitrogen and oxygen atoms in total. The molecule has 1 amide bonds. The first-order chi connectivity index (χ1) is 13.3. The van der Waals surface area contributed by atoms with E-state index in [9.17, 15) is 13.2 Å². The first-order valence-electron chi connectivity index (χ1n) is 9.81. The fourth-order valence-corrected chi connectivity index (χ4v) is 4.53. The fraction of sp³-hybridized carbons (Fsp3) is 0.524. The summed E-state index contributed by atoms with van der Waals surface area (Å²) in [7, 11) is -3.27. The molecule has 1 aromatic carbocycles. The van der Waals surface area contributed by atoms with Crippen LogP contribution in [0.5, 0.6) is 0 Å². The lowest BCUT2D eigenvalue weighted by molar-refractivity contribution is -0.118. The number of benzene rings is 1. The van der Waals surface area contributed by atoms with Crippen molar-refractivity contribution >= 4 is 21.4 Å². The average Bonchev–Trinajstić information content (AvgIpc) is 3.30.